The number of benzene rings is 1. The molecule has 5 heteroatoms. The number of aryl methyl sites for hydroxylation is 1. The van der Waals surface area contributed by atoms with Crippen LogP contribution in [-0.2, 0) is 6.42 Å². The van der Waals surface area contributed by atoms with E-state index in [1.54, 1.807) is 0 Å². The van der Waals surface area contributed by atoms with Crippen LogP contribution in [0.15, 0.2) is 27.2 Å². The first-order chi connectivity index (χ1) is 8.60. The monoisotopic (exact) mass is 309 g/mol. The first-order valence-corrected chi connectivity index (χ1v) is 6.74. The smallest absolute Gasteiger partial charge is 0.228 e. The summed E-state index contributed by atoms with van der Waals surface area (Å²) in [4.78, 5) is 4.39. The Morgan fingerprint density at radius 2 is 2.22 bits per heavy atom. The predicted octanol–water partition coefficient (Wildman–Crippen LogP) is 3.09. The SMILES string of the molecule is CCC(N)Cc1nc(-c2ccc(Br)cc2C)no1. The zero-order valence-electron chi connectivity index (χ0n) is 10.5. The van der Waals surface area contributed by atoms with E-state index in [1.807, 2.05) is 32.0 Å². The van der Waals surface area contributed by atoms with Crippen molar-refractivity contribution in [2.45, 2.75) is 32.7 Å². The van der Waals surface area contributed by atoms with Crippen molar-refractivity contribution in [3.63, 3.8) is 0 Å². The molecule has 0 amide bonds. The number of halogens is 1. The van der Waals surface area contributed by atoms with Gasteiger partial charge >= 0.3 is 0 Å². The third kappa shape index (κ3) is 2.97. The number of hydrogen-bond donors (Lipinski definition) is 1. The fraction of sp³-hybridized carbons (Fsp3) is 0.385. The first-order valence-electron chi connectivity index (χ1n) is 5.95. The van der Waals surface area contributed by atoms with Crippen molar-refractivity contribution < 1.29 is 4.52 Å². The second-order valence-corrected chi connectivity index (χ2v) is 5.26. The summed E-state index contributed by atoms with van der Waals surface area (Å²) in [7, 11) is 0. The van der Waals surface area contributed by atoms with Crippen LogP contribution in [0, 0.1) is 6.92 Å². The molecule has 2 N–H and O–H groups in total. The van der Waals surface area contributed by atoms with Gasteiger partial charge in [-0.2, -0.15) is 4.98 Å². The van der Waals surface area contributed by atoms with Gasteiger partial charge in [0.2, 0.25) is 11.7 Å². The van der Waals surface area contributed by atoms with Crippen LogP contribution >= 0.6 is 15.9 Å². The molecule has 0 fully saturated rings. The second-order valence-electron chi connectivity index (χ2n) is 4.34. The maximum atomic E-state index is 5.87. The van der Waals surface area contributed by atoms with Gasteiger partial charge in [-0.25, -0.2) is 0 Å². The average Bonchev–Trinajstić information content (AvgIpc) is 2.77. The van der Waals surface area contributed by atoms with Crippen LogP contribution in [0.4, 0.5) is 0 Å². The summed E-state index contributed by atoms with van der Waals surface area (Å²) in [6, 6.07) is 6.05. The molecule has 1 heterocycles. The number of nitrogens with zero attached hydrogens (tertiary/aromatic N) is 2. The lowest BCUT2D eigenvalue weighted by Crippen LogP contribution is -2.21. The first kappa shape index (κ1) is 13.2. The molecule has 0 radical (unpaired) electrons. The van der Waals surface area contributed by atoms with Crippen LogP contribution in [0.3, 0.4) is 0 Å². The van der Waals surface area contributed by atoms with Gasteiger partial charge in [-0.1, -0.05) is 28.0 Å². The third-order valence-corrected chi connectivity index (χ3v) is 3.35. The molecule has 0 saturated carbocycles. The molecule has 96 valence electrons. The van der Waals surface area contributed by atoms with Crippen LogP contribution in [0.25, 0.3) is 11.4 Å². The molecule has 1 unspecified atom stereocenters. The Kier molecular flexibility index (Phi) is 4.14. The summed E-state index contributed by atoms with van der Waals surface area (Å²) in [6.07, 6.45) is 1.52. The molecule has 1 atom stereocenters. The maximum Gasteiger partial charge on any atom is 0.228 e. The van der Waals surface area contributed by atoms with Crippen molar-refractivity contribution in [3.8, 4) is 11.4 Å². The van der Waals surface area contributed by atoms with Crippen molar-refractivity contribution in [3.05, 3.63) is 34.1 Å². The van der Waals surface area contributed by atoms with Crippen LogP contribution < -0.4 is 5.73 Å². The molecular formula is C13H16BrN3O. The largest absolute Gasteiger partial charge is 0.339 e. The molecular weight excluding hydrogens is 294 g/mol. The minimum Gasteiger partial charge on any atom is -0.339 e. The highest BCUT2D eigenvalue weighted by molar-refractivity contribution is 9.10. The topological polar surface area (TPSA) is 64.9 Å². The van der Waals surface area contributed by atoms with Gasteiger partial charge in [0, 0.05) is 22.5 Å². The lowest BCUT2D eigenvalue weighted by atomic mass is 10.1. The molecule has 0 spiro atoms. The van der Waals surface area contributed by atoms with E-state index in [0.717, 1.165) is 22.0 Å². The lowest BCUT2D eigenvalue weighted by Gasteiger charge is -2.03. The zero-order valence-corrected chi connectivity index (χ0v) is 12.1. The minimum atomic E-state index is 0.0734. The van der Waals surface area contributed by atoms with Crippen molar-refractivity contribution in [2.75, 3.05) is 0 Å². The van der Waals surface area contributed by atoms with Crippen LogP contribution in [0.1, 0.15) is 24.8 Å². The number of rotatable bonds is 4. The molecule has 1 aromatic heterocycles. The summed E-state index contributed by atoms with van der Waals surface area (Å²) >= 11 is 3.44. The Balaban J connectivity index is 2.24. The normalized spacial score (nSPS) is 12.7. The molecule has 2 aromatic rings. The van der Waals surface area contributed by atoms with Crippen molar-refractivity contribution >= 4 is 15.9 Å². The molecule has 0 bridgehead atoms. The molecule has 18 heavy (non-hydrogen) atoms. The average molecular weight is 310 g/mol. The third-order valence-electron chi connectivity index (χ3n) is 2.86. The van der Waals surface area contributed by atoms with E-state index in [-0.39, 0.29) is 6.04 Å². The molecule has 0 saturated heterocycles. The van der Waals surface area contributed by atoms with Crippen LogP contribution in [0.5, 0.6) is 0 Å². The van der Waals surface area contributed by atoms with Crippen LogP contribution in [0.2, 0.25) is 0 Å². The maximum absolute atomic E-state index is 5.87. The zero-order chi connectivity index (χ0) is 13.1. The van der Waals surface area contributed by atoms with Gasteiger partial charge < -0.3 is 10.3 Å². The highest BCUT2D eigenvalue weighted by Gasteiger charge is 2.12. The van der Waals surface area contributed by atoms with Crippen molar-refractivity contribution in [1.29, 1.82) is 0 Å². The fourth-order valence-electron chi connectivity index (χ4n) is 1.69. The van der Waals surface area contributed by atoms with Crippen molar-refractivity contribution in [2.24, 2.45) is 5.73 Å². The van der Waals surface area contributed by atoms with Gasteiger partial charge in [-0.15, -0.1) is 0 Å². The Morgan fingerprint density at radius 1 is 1.44 bits per heavy atom. The molecule has 0 aliphatic carbocycles. The Bertz CT molecular complexity index is 539. The van der Waals surface area contributed by atoms with E-state index in [0.29, 0.717) is 18.1 Å². The summed E-state index contributed by atoms with van der Waals surface area (Å²) in [5.41, 5.74) is 7.96. The minimum absolute atomic E-state index is 0.0734. The number of hydrogen-bond acceptors (Lipinski definition) is 4. The van der Waals surface area contributed by atoms with Gasteiger partial charge in [0.05, 0.1) is 0 Å². The van der Waals surface area contributed by atoms with Gasteiger partial charge in [-0.05, 0) is 37.1 Å². The van der Waals surface area contributed by atoms with Gasteiger partial charge in [0.1, 0.15) is 0 Å². The summed E-state index contributed by atoms with van der Waals surface area (Å²) in [6.45, 7) is 4.06. The quantitative estimate of drug-likeness (QED) is 0.942. The second kappa shape index (κ2) is 5.63. The fourth-order valence-corrected chi connectivity index (χ4v) is 2.17. The number of aromatic nitrogens is 2. The van der Waals surface area contributed by atoms with E-state index in [1.165, 1.54) is 0 Å². The van der Waals surface area contributed by atoms with E-state index < -0.39 is 0 Å². The Labute approximate surface area is 115 Å². The Hall–Kier alpha value is -1.20. The summed E-state index contributed by atoms with van der Waals surface area (Å²) < 4.78 is 6.27. The van der Waals surface area contributed by atoms with Gasteiger partial charge in [0.15, 0.2) is 0 Å². The summed E-state index contributed by atoms with van der Waals surface area (Å²) in [5, 5.41) is 4.01. The van der Waals surface area contributed by atoms with Crippen molar-refractivity contribution in [1.82, 2.24) is 10.1 Å². The number of nitrogens with two attached hydrogens (primary N) is 1. The molecule has 0 aliphatic heterocycles. The highest BCUT2D eigenvalue weighted by atomic mass is 79.9. The molecule has 1 aromatic carbocycles. The van der Waals surface area contributed by atoms with Gasteiger partial charge in [-0.3, -0.25) is 0 Å². The molecule has 2 rings (SSSR count). The van der Waals surface area contributed by atoms with E-state index in [9.17, 15) is 0 Å². The summed E-state index contributed by atoms with van der Waals surface area (Å²) in [5.74, 6) is 1.22. The molecule has 4 nitrogen and oxygen atoms in total. The predicted molar refractivity (Wildman–Crippen MR) is 74.1 cm³/mol. The highest BCUT2D eigenvalue weighted by Crippen LogP contribution is 2.24. The van der Waals surface area contributed by atoms with E-state index in [2.05, 4.69) is 26.1 Å². The molecule has 0 aliphatic rings. The van der Waals surface area contributed by atoms with E-state index >= 15 is 0 Å². The lowest BCUT2D eigenvalue weighted by molar-refractivity contribution is 0.368. The van der Waals surface area contributed by atoms with Gasteiger partial charge in [0.25, 0.3) is 0 Å². The Morgan fingerprint density at radius 3 is 2.89 bits per heavy atom. The standard InChI is InChI=1S/C13H16BrN3O/c1-3-10(15)7-12-16-13(17-18-12)11-5-4-9(14)6-8(11)2/h4-6,10H,3,7,15H2,1-2H3. The van der Waals surface area contributed by atoms with E-state index in [4.69, 9.17) is 10.3 Å². The van der Waals surface area contributed by atoms with Crippen LogP contribution in [-0.4, -0.2) is 16.2 Å².